The van der Waals surface area contributed by atoms with E-state index in [1.54, 1.807) is 24.3 Å². The number of alkyl halides is 3. The van der Waals surface area contributed by atoms with Crippen LogP contribution < -0.4 is 10.4 Å². The van der Waals surface area contributed by atoms with E-state index in [4.69, 9.17) is 18.0 Å². The van der Waals surface area contributed by atoms with Gasteiger partial charge in [0.15, 0.2) is 0 Å². The highest BCUT2D eigenvalue weighted by atomic mass is 28.4. The predicted octanol–water partition coefficient (Wildman–Crippen LogP) is 12.4. The minimum atomic E-state index is -4.59. The molecule has 0 saturated carbocycles. The topological polar surface area (TPSA) is 57.9 Å². The lowest BCUT2D eigenvalue weighted by Gasteiger charge is -2.29. The standard InChI is InChI=1S/C40H59F3O5Si/c1-5-9-18-21-32-22-25-35(37(29-32)40(41,42)43)36-30-33-23-24-34(31-38(33)48-39(36)44)45-26-19-16-14-12-10-11-13-15-17-20-28-49(27-6-2,46-7-3)47-8-4/h22-25,29-31H,5-21,26-28H2,1-4H3. The fraction of sp³-hybridized carbons (Fsp3) is 0.625. The quantitative estimate of drug-likeness (QED) is 0.0499. The van der Waals surface area contributed by atoms with Crippen molar-refractivity contribution in [3.8, 4) is 16.9 Å². The molecule has 0 radical (unpaired) electrons. The first-order valence-corrected chi connectivity index (χ1v) is 21.1. The van der Waals surface area contributed by atoms with E-state index < -0.39 is 25.9 Å². The van der Waals surface area contributed by atoms with Gasteiger partial charge in [0.1, 0.15) is 11.3 Å². The molecule has 0 spiro atoms. The Kier molecular flexibility index (Phi) is 18.0. The molecule has 0 aliphatic carbocycles. The van der Waals surface area contributed by atoms with Gasteiger partial charge in [-0.05, 0) is 75.0 Å². The summed E-state index contributed by atoms with van der Waals surface area (Å²) in [4.78, 5) is 12.9. The molecule has 0 bridgehead atoms. The van der Waals surface area contributed by atoms with Gasteiger partial charge in [0.05, 0.1) is 17.7 Å². The highest BCUT2D eigenvalue weighted by Gasteiger charge is 2.36. The highest BCUT2D eigenvalue weighted by Crippen LogP contribution is 2.38. The molecule has 1 heterocycles. The molecule has 49 heavy (non-hydrogen) atoms. The van der Waals surface area contributed by atoms with Gasteiger partial charge in [-0.2, -0.15) is 13.2 Å². The van der Waals surface area contributed by atoms with Crippen molar-refractivity contribution in [3.05, 3.63) is 64.0 Å². The lowest BCUT2D eigenvalue weighted by molar-refractivity contribution is -0.137. The normalized spacial score (nSPS) is 12.2. The Bertz CT molecular complexity index is 1420. The smallest absolute Gasteiger partial charge is 0.417 e. The minimum absolute atomic E-state index is 0.0939. The maximum Gasteiger partial charge on any atom is 0.417 e. The van der Waals surface area contributed by atoms with Crippen LogP contribution in [0.15, 0.2) is 51.7 Å². The van der Waals surface area contributed by atoms with Crippen LogP contribution >= 0.6 is 0 Å². The molecule has 0 atom stereocenters. The van der Waals surface area contributed by atoms with Crippen molar-refractivity contribution < 1.29 is 31.2 Å². The summed E-state index contributed by atoms with van der Waals surface area (Å²) in [6, 6.07) is 13.1. The Morgan fingerprint density at radius 3 is 1.94 bits per heavy atom. The zero-order valence-electron chi connectivity index (χ0n) is 30.4. The number of halogens is 3. The molecule has 3 rings (SSSR count). The van der Waals surface area contributed by atoms with E-state index in [1.807, 2.05) is 0 Å². The molecule has 0 unspecified atom stereocenters. The van der Waals surface area contributed by atoms with Gasteiger partial charge < -0.3 is 18.0 Å². The van der Waals surface area contributed by atoms with Crippen LogP contribution in [0.5, 0.6) is 5.75 Å². The number of aryl methyl sites for hydroxylation is 1. The van der Waals surface area contributed by atoms with Crippen molar-refractivity contribution in [2.45, 2.75) is 142 Å². The Morgan fingerprint density at radius 1 is 0.673 bits per heavy atom. The van der Waals surface area contributed by atoms with Gasteiger partial charge in [-0.1, -0.05) is 103 Å². The van der Waals surface area contributed by atoms with Gasteiger partial charge in [-0.3, -0.25) is 0 Å². The van der Waals surface area contributed by atoms with Crippen LogP contribution in [0.3, 0.4) is 0 Å². The van der Waals surface area contributed by atoms with Crippen LogP contribution in [0.1, 0.15) is 129 Å². The average molecular weight is 705 g/mol. The second-order valence-electron chi connectivity index (χ2n) is 13.1. The molecule has 9 heteroatoms. The fourth-order valence-electron chi connectivity index (χ4n) is 6.63. The van der Waals surface area contributed by atoms with E-state index >= 15 is 0 Å². The maximum atomic E-state index is 14.0. The number of benzene rings is 2. The van der Waals surface area contributed by atoms with E-state index in [-0.39, 0.29) is 11.1 Å². The summed E-state index contributed by atoms with van der Waals surface area (Å²) >= 11 is 0. The van der Waals surface area contributed by atoms with E-state index in [9.17, 15) is 18.0 Å². The molecule has 0 amide bonds. The van der Waals surface area contributed by atoms with E-state index in [2.05, 4.69) is 27.7 Å². The van der Waals surface area contributed by atoms with E-state index in [0.29, 0.717) is 35.3 Å². The summed E-state index contributed by atoms with van der Waals surface area (Å²) in [5.41, 5.74) is -0.952. The van der Waals surface area contributed by atoms with Gasteiger partial charge >= 0.3 is 20.4 Å². The summed E-state index contributed by atoms with van der Waals surface area (Å²) in [6.45, 7) is 10.5. The van der Waals surface area contributed by atoms with Crippen molar-refractivity contribution in [1.82, 2.24) is 0 Å². The zero-order valence-corrected chi connectivity index (χ0v) is 31.4. The number of fused-ring (bicyclic) bond motifs is 1. The Labute approximate surface area is 293 Å². The summed E-state index contributed by atoms with van der Waals surface area (Å²) in [6.07, 6.45) is 11.8. The summed E-state index contributed by atoms with van der Waals surface area (Å²) in [5, 5.41) is 0.546. The molecule has 1 aromatic heterocycles. The SMILES string of the molecule is CCCCCc1ccc(-c2cc3ccc(OCCCCCCCCCCCC[Si](CCC)(OCC)OCC)cc3oc2=O)c(C(F)(F)F)c1. The number of unbranched alkanes of at least 4 members (excludes halogenated alkanes) is 11. The summed E-state index contributed by atoms with van der Waals surface area (Å²) < 4.78 is 65.9. The second kappa shape index (κ2) is 21.6. The molecular formula is C40H59F3O5Si. The number of hydrogen-bond acceptors (Lipinski definition) is 5. The van der Waals surface area contributed by atoms with Crippen molar-refractivity contribution in [2.75, 3.05) is 19.8 Å². The molecule has 0 N–H and O–H groups in total. The summed E-state index contributed by atoms with van der Waals surface area (Å²) in [5.74, 6) is 0.577. The number of hydrogen-bond donors (Lipinski definition) is 0. The van der Waals surface area contributed by atoms with Crippen molar-refractivity contribution in [3.63, 3.8) is 0 Å². The third kappa shape index (κ3) is 13.6. The highest BCUT2D eigenvalue weighted by molar-refractivity contribution is 6.67. The van der Waals surface area contributed by atoms with Crippen LogP contribution in [0.4, 0.5) is 13.2 Å². The van der Waals surface area contributed by atoms with Crippen LogP contribution in [-0.2, 0) is 21.4 Å². The van der Waals surface area contributed by atoms with Crippen LogP contribution in [0.25, 0.3) is 22.1 Å². The number of ether oxygens (including phenoxy) is 1. The first-order chi connectivity index (χ1) is 23.7. The predicted molar refractivity (Wildman–Crippen MR) is 197 cm³/mol. The second-order valence-corrected chi connectivity index (χ2v) is 16.5. The van der Waals surface area contributed by atoms with Gasteiger partial charge in [0.2, 0.25) is 0 Å². The van der Waals surface area contributed by atoms with Crippen LogP contribution in [0.2, 0.25) is 12.1 Å². The largest absolute Gasteiger partial charge is 0.493 e. The van der Waals surface area contributed by atoms with Gasteiger partial charge in [-0.15, -0.1) is 0 Å². The van der Waals surface area contributed by atoms with Crippen LogP contribution in [-0.4, -0.2) is 28.4 Å². The van der Waals surface area contributed by atoms with E-state index in [1.165, 1.54) is 69.6 Å². The molecule has 0 saturated heterocycles. The minimum Gasteiger partial charge on any atom is -0.493 e. The maximum absolute atomic E-state index is 14.0. The molecule has 2 aromatic carbocycles. The third-order valence-electron chi connectivity index (χ3n) is 9.12. The van der Waals surface area contributed by atoms with Crippen molar-refractivity contribution in [2.24, 2.45) is 0 Å². The first-order valence-electron chi connectivity index (χ1n) is 18.9. The van der Waals surface area contributed by atoms with Gasteiger partial charge in [-0.25, -0.2) is 4.79 Å². The Hall–Kier alpha value is -2.62. The number of rotatable bonds is 25. The lowest BCUT2D eigenvalue weighted by atomic mass is 9.95. The van der Waals surface area contributed by atoms with E-state index in [0.717, 1.165) is 63.8 Å². The van der Waals surface area contributed by atoms with Crippen molar-refractivity contribution in [1.29, 1.82) is 0 Å². The molecule has 0 aliphatic heterocycles. The molecule has 274 valence electrons. The molecule has 0 aliphatic rings. The fourth-order valence-corrected chi connectivity index (χ4v) is 10.1. The van der Waals surface area contributed by atoms with Crippen LogP contribution in [0, 0.1) is 0 Å². The lowest BCUT2D eigenvalue weighted by Crippen LogP contribution is -2.42. The molecular weight excluding hydrogens is 646 g/mol. The third-order valence-corrected chi connectivity index (χ3v) is 13.1. The zero-order chi connectivity index (χ0) is 35.5. The first kappa shape index (κ1) is 40.8. The molecule has 3 aromatic rings. The Morgan fingerprint density at radius 2 is 1.33 bits per heavy atom. The monoisotopic (exact) mass is 704 g/mol. The van der Waals surface area contributed by atoms with Gasteiger partial charge in [0, 0.05) is 30.2 Å². The molecule has 0 fully saturated rings. The van der Waals surface area contributed by atoms with Crippen molar-refractivity contribution >= 4 is 19.5 Å². The average Bonchev–Trinajstić information content (AvgIpc) is 3.06. The van der Waals surface area contributed by atoms with Gasteiger partial charge in [0.25, 0.3) is 0 Å². The molecule has 5 nitrogen and oxygen atoms in total. The Balaban J connectivity index is 1.39. The summed E-state index contributed by atoms with van der Waals surface area (Å²) in [7, 11) is -2.01.